The fourth-order valence-corrected chi connectivity index (χ4v) is 3.47. The number of unbranched alkanes of at least 4 members (excludes halogenated alkanes) is 2. The molecular weight excluding hydrogens is 300 g/mol. The monoisotopic (exact) mass is 324 g/mol. The average molecular weight is 325 g/mol. The predicted molar refractivity (Wildman–Crippen MR) is 88.4 cm³/mol. The van der Waals surface area contributed by atoms with Crippen molar-refractivity contribution in [2.75, 3.05) is 22.9 Å². The van der Waals surface area contributed by atoms with Gasteiger partial charge in [0.15, 0.2) is 5.08 Å². The molecule has 1 unspecified atom stereocenters. The molecule has 1 heterocycles. The largest absolute Gasteiger partial charge is 0.341 e. The van der Waals surface area contributed by atoms with E-state index in [-0.39, 0.29) is 0 Å². The Hall–Kier alpha value is -0.700. The SMILES string of the molecule is CCCCN1c2ccc(C)cc2N(CCCC)C1Br. The highest BCUT2D eigenvalue weighted by Gasteiger charge is 2.32. The van der Waals surface area contributed by atoms with Crippen LogP contribution in [0.2, 0.25) is 0 Å². The maximum atomic E-state index is 3.89. The standard InChI is InChI=1S/C16H25BrN2/c1-4-6-10-18-14-9-8-13(3)12-15(14)19(16(18)17)11-7-5-2/h8-9,12,16H,4-7,10-11H2,1-3H3. The molecule has 2 rings (SSSR count). The summed E-state index contributed by atoms with van der Waals surface area (Å²) in [5.41, 5.74) is 4.13. The molecule has 0 radical (unpaired) electrons. The molecule has 0 spiro atoms. The van der Waals surface area contributed by atoms with Crippen LogP contribution in [-0.2, 0) is 0 Å². The summed E-state index contributed by atoms with van der Waals surface area (Å²) in [7, 11) is 0. The van der Waals surface area contributed by atoms with Crippen molar-refractivity contribution in [2.24, 2.45) is 0 Å². The second kappa shape index (κ2) is 6.65. The van der Waals surface area contributed by atoms with E-state index in [0.29, 0.717) is 5.08 Å². The summed E-state index contributed by atoms with van der Waals surface area (Å²) < 4.78 is 0. The van der Waals surface area contributed by atoms with Crippen molar-refractivity contribution in [3.63, 3.8) is 0 Å². The molecule has 1 aliphatic heterocycles. The third-order valence-corrected chi connectivity index (χ3v) is 4.76. The smallest absolute Gasteiger partial charge is 0.159 e. The maximum absolute atomic E-state index is 3.89. The molecule has 19 heavy (non-hydrogen) atoms. The Kier molecular flexibility index (Phi) is 5.14. The topological polar surface area (TPSA) is 6.48 Å². The van der Waals surface area contributed by atoms with Crippen molar-refractivity contribution < 1.29 is 0 Å². The van der Waals surface area contributed by atoms with E-state index in [1.165, 1.54) is 42.6 Å². The summed E-state index contributed by atoms with van der Waals surface area (Å²) in [4.78, 5) is 5.00. The molecule has 0 fully saturated rings. The van der Waals surface area contributed by atoms with Gasteiger partial charge in [-0.15, -0.1) is 0 Å². The van der Waals surface area contributed by atoms with Crippen LogP contribution in [0.3, 0.4) is 0 Å². The second-order valence-corrected chi connectivity index (χ2v) is 6.22. The van der Waals surface area contributed by atoms with Gasteiger partial charge in [0, 0.05) is 13.1 Å². The fourth-order valence-electron chi connectivity index (χ4n) is 2.62. The molecule has 0 saturated heterocycles. The average Bonchev–Trinajstić information content (AvgIpc) is 2.65. The Balaban J connectivity index is 2.25. The summed E-state index contributed by atoms with van der Waals surface area (Å²) in [5.74, 6) is 0. The second-order valence-electron chi connectivity index (χ2n) is 5.40. The number of fused-ring (bicyclic) bond motifs is 1. The van der Waals surface area contributed by atoms with E-state index in [9.17, 15) is 0 Å². The number of aryl methyl sites for hydroxylation is 1. The molecule has 2 nitrogen and oxygen atoms in total. The summed E-state index contributed by atoms with van der Waals surface area (Å²) >= 11 is 3.89. The van der Waals surface area contributed by atoms with Crippen molar-refractivity contribution in [1.82, 2.24) is 0 Å². The third kappa shape index (κ3) is 3.07. The zero-order valence-corrected chi connectivity index (χ0v) is 13.9. The first-order chi connectivity index (χ1) is 9.19. The van der Waals surface area contributed by atoms with E-state index >= 15 is 0 Å². The van der Waals surface area contributed by atoms with Crippen LogP contribution in [0, 0.1) is 6.92 Å². The number of nitrogens with zero attached hydrogens (tertiary/aromatic N) is 2. The lowest BCUT2D eigenvalue weighted by molar-refractivity contribution is 0.667. The molecule has 3 heteroatoms. The van der Waals surface area contributed by atoms with Crippen LogP contribution in [0.25, 0.3) is 0 Å². The van der Waals surface area contributed by atoms with Crippen molar-refractivity contribution in [3.8, 4) is 0 Å². The molecular formula is C16H25BrN2. The third-order valence-electron chi connectivity index (χ3n) is 3.77. The van der Waals surface area contributed by atoms with E-state index in [1.807, 2.05) is 0 Å². The quantitative estimate of drug-likeness (QED) is 0.542. The van der Waals surface area contributed by atoms with Gasteiger partial charge < -0.3 is 9.80 Å². The van der Waals surface area contributed by atoms with Crippen LogP contribution < -0.4 is 9.80 Å². The van der Waals surface area contributed by atoms with Gasteiger partial charge in [-0.2, -0.15) is 0 Å². The summed E-state index contributed by atoms with van der Waals surface area (Å²) in [6.45, 7) is 8.95. The molecule has 0 bridgehead atoms. The molecule has 0 saturated carbocycles. The van der Waals surface area contributed by atoms with Crippen LogP contribution in [0.1, 0.15) is 45.1 Å². The van der Waals surface area contributed by atoms with Crippen molar-refractivity contribution >= 4 is 27.3 Å². The van der Waals surface area contributed by atoms with E-state index in [4.69, 9.17) is 0 Å². The predicted octanol–water partition coefficient (Wildman–Crippen LogP) is 4.90. The summed E-state index contributed by atoms with van der Waals surface area (Å²) in [6.07, 6.45) is 4.98. The van der Waals surface area contributed by atoms with Gasteiger partial charge in [-0.3, -0.25) is 0 Å². The van der Waals surface area contributed by atoms with E-state index in [2.05, 4.69) is 64.7 Å². The Morgan fingerprint density at radius 1 is 1.00 bits per heavy atom. The molecule has 1 aromatic carbocycles. The number of halogens is 1. The molecule has 0 aliphatic carbocycles. The molecule has 1 atom stereocenters. The molecule has 106 valence electrons. The number of anilines is 2. The number of benzene rings is 1. The highest BCUT2D eigenvalue weighted by atomic mass is 79.9. The molecule has 1 aliphatic rings. The van der Waals surface area contributed by atoms with Gasteiger partial charge in [-0.25, -0.2) is 0 Å². The lowest BCUT2D eigenvalue weighted by Gasteiger charge is -2.28. The highest BCUT2D eigenvalue weighted by Crippen LogP contribution is 2.42. The van der Waals surface area contributed by atoms with Gasteiger partial charge in [-0.05, 0) is 53.4 Å². The first kappa shape index (κ1) is 14.7. The minimum Gasteiger partial charge on any atom is -0.341 e. The molecule has 1 aromatic rings. The van der Waals surface area contributed by atoms with Crippen molar-refractivity contribution in [3.05, 3.63) is 23.8 Å². The first-order valence-electron chi connectivity index (χ1n) is 7.47. The molecule has 0 N–H and O–H groups in total. The maximum Gasteiger partial charge on any atom is 0.159 e. The molecule has 0 amide bonds. The highest BCUT2D eigenvalue weighted by molar-refractivity contribution is 9.09. The van der Waals surface area contributed by atoms with Gasteiger partial charge >= 0.3 is 0 Å². The van der Waals surface area contributed by atoms with Crippen LogP contribution in [0.15, 0.2) is 18.2 Å². The fraction of sp³-hybridized carbons (Fsp3) is 0.625. The molecule has 0 aromatic heterocycles. The zero-order chi connectivity index (χ0) is 13.8. The van der Waals surface area contributed by atoms with Crippen LogP contribution in [0.5, 0.6) is 0 Å². The Labute approximate surface area is 125 Å². The Morgan fingerprint density at radius 3 is 2.16 bits per heavy atom. The number of hydrogen-bond acceptors (Lipinski definition) is 2. The minimum absolute atomic E-state index is 0.322. The Bertz CT molecular complexity index is 419. The van der Waals surface area contributed by atoms with Crippen LogP contribution in [-0.4, -0.2) is 18.2 Å². The van der Waals surface area contributed by atoms with E-state index in [0.717, 1.165) is 13.1 Å². The van der Waals surface area contributed by atoms with Crippen LogP contribution >= 0.6 is 15.9 Å². The van der Waals surface area contributed by atoms with Gasteiger partial charge in [0.25, 0.3) is 0 Å². The number of hydrogen-bond donors (Lipinski definition) is 0. The minimum atomic E-state index is 0.322. The van der Waals surface area contributed by atoms with Crippen molar-refractivity contribution in [2.45, 2.75) is 51.5 Å². The first-order valence-corrected chi connectivity index (χ1v) is 8.38. The lowest BCUT2D eigenvalue weighted by Crippen LogP contribution is -2.39. The van der Waals surface area contributed by atoms with Gasteiger partial charge in [-0.1, -0.05) is 32.8 Å². The van der Waals surface area contributed by atoms with Gasteiger partial charge in [0.2, 0.25) is 0 Å². The number of rotatable bonds is 6. The Morgan fingerprint density at radius 2 is 1.58 bits per heavy atom. The van der Waals surface area contributed by atoms with Gasteiger partial charge in [0.05, 0.1) is 11.4 Å². The summed E-state index contributed by atoms with van der Waals surface area (Å²) in [5, 5.41) is 0.322. The lowest BCUT2D eigenvalue weighted by atomic mass is 10.1. The van der Waals surface area contributed by atoms with E-state index < -0.39 is 0 Å². The van der Waals surface area contributed by atoms with Crippen LogP contribution in [0.4, 0.5) is 11.4 Å². The number of alkyl halides is 1. The summed E-state index contributed by atoms with van der Waals surface area (Å²) in [6, 6.07) is 6.83. The van der Waals surface area contributed by atoms with Crippen molar-refractivity contribution in [1.29, 1.82) is 0 Å². The van der Waals surface area contributed by atoms with E-state index in [1.54, 1.807) is 0 Å². The zero-order valence-electron chi connectivity index (χ0n) is 12.3. The normalized spacial score (nSPS) is 18.0. The van der Waals surface area contributed by atoms with Gasteiger partial charge in [0.1, 0.15) is 0 Å².